The van der Waals surface area contributed by atoms with Crippen LogP contribution in [0.2, 0.25) is 0 Å². The smallest absolute Gasteiger partial charge is 0.251 e. The Labute approximate surface area is 183 Å². The first-order chi connectivity index (χ1) is 14.9. The molecule has 2 aromatic rings. The SMILES string of the molecule is Cc1ccc(N2C(=O)C[C@@H](N3CCC(C(=O)NCc4ccccc4)CC3)C2=O)c(C)c1. The number of hydrogen-bond acceptors (Lipinski definition) is 4. The molecule has 0 unspecified atom stereocenters. The predicted octanol–water partition coefficient (Wildman–Crippen LogP) is 2.96. The quantitative estimate of drug-likeness (QED) is 0.757. The van der Waals surface area contributed by atoms with Crippen LogP contribution in [0.1, 0.15) is 36.0 Å². The molecule has 2 aliphatic rings. The normalized spacial score (nSPS) is 20.3. The van der Waals surface area contributed by atoms with Crippen molar-refractivity contribution in [2.75, 3.05) is 18.0 Å². The van der Waals surface area contributed by atoms with E-state index < -0.39 is 6.04 Å². The molecule has 1 atom stereocenters. The monoisotopic (exact) mass is 419 g/mol. The van der Waals surface area contributed by atoms with Gasteiger partial charge in [-0.2, -0.15) is 0 Å². The van der Waals surface area contributed by atoms with Crippen molar-refractivity contribution in [3.8, 4) is 0 Å². The molecule has 0 aromatic heterocycles. The summed E-state index contributed by atoms with van der Waals surface area (Å²) in [4.78, 5) is 41.8. The van der Waals surface area contributed by atoms with Crippen LogP contribution in [0.4, 0.5) is 5.69 Å². The van der Waals surface area contributed by atoms with E-state index in [4.69, 9.17) is 0 Å². The fraction of sp³-hybridized carbons (Fsp3) is 0.400. The standard InChI is InChI=1S/C25H29N3O3/c1-17-8-9-21(18(2)14-17)28-23(29)15-22(25(28)31)27-12-10-20(11-13-27)24(30)26-16-19-6-4-3-5-7-19/h3-9,14,20,22H,10-13,15-16H2,1-2H3,(H,26,30)/t22-/m1/s1. The van der Waals surface area contributed by atoms with Gasteiger partial charge in [-0.25, -0.2) is 4.90 Å². The van der Waals surface area contributed by atoms with Crippen LogP contribution in [-0.2, 0) is 20.9 Å². The highest BCUT2D eigenvalue weighted by Gasteiger charge is 2.44. The van der Waals surface area contributed by atoms with Gasteiger partial charge in [-0.1, -0.05) is 48.0 Å². The lowest BCUT2D eigenvalue weighted by Gasteiger charge is -2.34. The van der Waals surface area contributed by atoms with Crippen LogP contribution in [0.5, 0.6) is 0 Å². The van der Waals surface area contributed by atoms with E-state index in [9.17, 15) is 14.4 Å². The fourth-order valence-corrected chi connectivity index (χ4v) is 4.61. The van der Waals surface area contributed by atoms with Crippen molar-refractivity contribution < 1.29 is 14.4 Å². The number of rotatable bonds is 5. The van der Waals surface area contributed by atoms with Crippen molar-refractivity contribution in [2.45, 2.75) is 45.7 Å². The van der Waals surface area contributed by atoms with Crippen LogP contribution in [0, 0.1) is 19.8 Å². The summed E-state index contributed by atoms with van der Waals surface area (Å²) in [7, 11) is 0. The molecule has 2 aromatic carbocycles. The fourth-order valence-electron chi connectivity index (χ4n) is 4.61. The summed E-state index contributed by atoms with van der Waals surface area (Å²) in [5.41, 5.74) is 3.79. The Kier molecular flexibility index (Phi) is 6.18. The summed E-state index contributed by atoms with van der Waals surface area (Å²) in [6, 6.07) is 15.2. The topological polar surface area (TPSA) is 69.7 Å². The number of carbonyl (C=O) groups is 3. The van der Waals surface area contributed by atoms with Gasteiger partial charge < -0.3 is 5.32 Å². The molecule has 2 heterocycles. The number of benzene rings is 2. The van der Waals surface area contributed by atoms with Crippen molar-refractivity contribution >= 4 is 23.4 Å². The van der Waals surface area contributed by atoms with Crippen LogP contribution >= 0.6 is 0 Å². The number of nitrogens with zero attached hydrogens (tertiary/aromatic N) is 2. The molecule has 0 radical (unpaired) electrons. The highest BCUT2D eigenvalue weighted by molar-refractivity contribution is 6.22. The third-order valence-electron chi connectivity index (χ3n) is 6.37. The summed E-state index contributed by atoms with van der Waals surface area (Å²) < 4.78 is 0. The molecule has 0 bridgehead atoms. The number of anilines is 1. The third-order valence-corrected chi connectivity index (χ3v) is 6.37. The van der Waals surface area contributed by atoms with Gasteiger partial charge in [-0.15, -0.1) is 0 Å². The maximum atomic E-state index is 13.1. The number of likely N-dealkylation sites (tertiary alicyclic amines) is 1. The molecule has 1 N–H and O–H groups in total. The second-order valence-corrected chi connectivity index (χ2v) is 8.59. The summed E-state index contributed by atoms with van der Waals surface area (Å²) in [5.74, 6) is -0.287. The minimum atomic E-state index is -0.429. The van der Waals surface area contributed by atoms with Gasteiger partial charge in [0, 0.05) is 12.5 Å². The summed E-state index contributed by atoms with van der Waals surface area (Å²) in [6.45, 7) is 5.74. The van der Waals surface area contributed by atoms with Crippen molar-refractivity contribution in [2.24, 2.45) is 5.92 Å². The third kappa shape index (κ3) is 4.54. The zero-order chi connectivity index (χ0) is 22.0. The molecule has 4 rings (SSSR count). The Morgan fingerprint density at radius 2 is 1.74 bits per heavy atom. The number of aryl methyl sites for hydroxylation is 2. The van der Waals surface area contributed by atoms with Gasteiger partial charge in [0.15, 0.2) is 0 Å². The number of hydrogen-bond donors (Lipinski definition) is 1. The Bertz CT molecular complexity index is 981. The van der Waals surface area contributed by atoms with Crippen LogP contribution in [0.15, 0.2) is 48.5 Å². The average molecular weight is 420 g/mol. The summed E-state index contributed by atoms with van der Waals surface area (Å²) >= 11 is 0. The molecule has 6 nitrogen and oxygen atoms in total. The maximum absolute atomic E-state index is 13.1. The van der Waals surface area contributed by atoms with E-state index in [1.807, 2.05) is 62.4 Å². The molecule has 31 heavy (non-hydrogen) atoms. The number of piperidine rings is 1. The lowest BCUT2D eigenvalue weighted by Crippen LogP contribution is -2.48. The second kappa shape index (κ2) is 9.02. The van der Waals surface area contributed by atoms with Gasteiger partial charge >= 0.3 is 0 Å². The number of imide groups is 1. The molecule has 162 valence electrons. The van der Waals surface area contributed by atoms with Crippen LogP contribution < -0.4 is 10.2 Å². The molecule has 6 heteroatoms. The summed E-state index contributed by atoms with van der Waals surface area (Å²) in [6.07, 6.45) is 1.60. The van der Waals surface area contributed by atoms with Crippen LogP contribution in [0.25, 0.3) is 0 Å². The van der Waals surface area contributed by atoms with Gasteiger partial charge in [0.1, 0.15) is 0 Å². The minimum Gasteiger partial charge on any atom is -0.352 e. The Hall–Kier alpha value is -2.99. The van der Waals surface area contributed by atoms with E-state index in [2.05, 4.69) is 10.2 Å². The van der Waals surface area contributed by atoms with E-state index in [1.54, 1.807) is 0 Å². The Balaban J connectivity index is 1.34. The molecule has 2 aliphatic heterocycles. The van der Waals surface area contributed by atoms with E-state index in [0.29, 0.717) is 38.2 Å². The van der Waals surface area contributed by atoms with E-state index in [0.717, 1.165) is 16.7 Å². The number of amides is 3. The first-order valence-electron chi connectivity index (χ1n) is 10.9. The van der Waals surface area contributed by atoms with Crippen LogP contribution in [-0.4, -0.2) is 41.8 Å². The van der Waals surface area contributed by atoms with Gasteiger partial charge in [-0.05, 0) is 57.0 Å². The van der Waals surface area contributed by atoms with Gasteiger partial charge in [-0.3, -0.25) is 19.3 Å². The van der Waals surface area contributed by atoms with Crippen molar-refractivity contribution in [1.82, 2.24) is 10.2 Å². The van der Waals surface area contributed by atoms with Gasteiger partial charge in [0.25, 0.3) is 5.91 Å². The number of carbonyl (C=O) groups excluding carboxylic acids is 3. The van der Waals surface area contributed by atoms with E-state index in [-0.39, 0.29) is 30.1 Å². The molecule has 0 saturated carbocycles. The molecule has 3 amide bonds. The highest BCUT2D eigenvalue weighted by atomic mass is 16.2. The van der Waals surface area contributed by atoms with Crippen LogP contribution in [0.3, 0.4) is 0 Å². The zero-order valence-corrected chi connectivity index (χ0v) is 18.1. The zero-order valence-electron chi connectivity index (χ0n) is 18.1. The van der Waals surface area contributed by atoms with Crippen molar-refractivity contribution in [3.63, 3.8) is 0 Å². The molecule has 0 spiro atoms. The average Bonchev–Trinajstić information content (AvgIpc) is 3.07. The van der Waals surface area contributed by atoms with Crippen molar-refractivity contribution in [3.05, 3.63) is 65.2 Å². The molecule has 2 fully saturated rings. The predicted molar refractivity (Wildman–Crippen MR) is 119 cm³/mol. The first-order valence-corrected chi connectivity index (χ1v) is 10.9. The highest BCUT2D eigenvalue weighted by Crippen LogP contribution is 2.31. The van der Waals surface area contributed by atoms with E-state index in [1.165, 1.54) is 4.90 Å². The Morgan fingerprint density at radius 1 is 1.03 bits per heavy atom. The summed E-state index contributed by atoms with van der Waals surface area (Å²) in [5, 5.41) is 3.02. The lowest BCUT2D eigenvalue weighted by molar-refractivity contribution is -0.127. The van der Waals surface area contributed by atoms with E-state index >= 15 is 0 Å². The van der Waals surface area contributed by atoms with Crippen molar-refractivity contribution in [1.29, 1.82) is 0 Å². The lowest BCUT2D eigenvalue weighted by atomic mass is 9.94. The van der Waals surface area contributed by atoms with Gasteiger partial charge in [0.2, 0.25) is 11.8 Å². The maximum Gasteiger partial charge on any atom is 0.251 e. The first kappa shape index (κ1) is 21.2. The second-order valence-electron chi connectivity index (χ2n) is 8.59. The van der Waals surface area contributed by atoms with Gasteiger partial charge in [0.05, 0.1) is 18.2 Å². The number of nitrogens with one attached hydrogen (secondary N) is 1. The Morgan fingerprint density at radius 3 is 2.42 bits per heavy atom. The molecule has 2 saturated heterocycles. The largest absolute Gasteiger partial charge is 0.352 e. The molecular formula is C25H29N3O3. The minimum absolute atomic E-state index is 0.0531. The molecule has 0 aliphatic carbocycles. The molecular weight excluding hydrogens is 390 g/mol.